The van der Waals surface area contributed by atoms with Gasteiger partial charge in [0.2, 0.25) is 0 Å². The minimum absolute atomic E-state index is 0.364. The van der Waals surface area contributed by atoms with E-state index in [4.69, 9.17) is 4.74 Å². The van der Waals surface area contributed by atoms with Gasteiger partial charge in [-0.25, -0.2) is 4.39 Å². The molecule has 0 heterocycles. The largest absolute Gasteiger partial charge is 0.464 e. The maximum atomic E-state index is 13.1. The molecule has 0 saturated carbocycles. The number of hydrogen-bond acceptors (Lipinski definition) is 1. The van der Waals surface area contributed by atoms with E-state index in [0.717, 1.165) is 5.56 Å². The van der Waals surface area contributed by atoms with Crippen LogP contribution in [0.15, 0.2) is 61.4 Å². The standard InChI is InChI=1S/C16H11FO/c1-2-18-16-12-15(17)11-10-14(16)9-8-13-6-4-3-5-7-13/h2-7,10-12H,1H2. The zero-order chi connectivity index (χ0) is 12.8. The first kappa shape index (κ1) is 11.9. The fraction of sp³-hybridized carbons (Fsp3) is 0. The van der Waals surface area contributed by atoms with Crippen LogP contribution >= 0.6 is 0 Å². The molecule has 0 spiro atoms. The SMILES string of the molecule is C=COc1cc(F)ccc1C#Cc1ccccc1. The van der Waals surface area contributed by atoms with Gasteiger partial charge in [0.25, 0.3) is 0 Å². The van der Waals surface area contributed by atoms with Crippen LogP contribution in [0.25, 0.3) is 0 Å². The first-order valence-electron chi connectivity index (χ1n) is 5.44. The van der Waals surface area contributed by atoms with Crippen molar-refractivity contribution in [1.82, 2.24) is 0 Å². The molecule has 2 heteroatoms. The molecule has 0 aromatic heterocycles. The van der Waals surface area contributed by atoms with Crippen LogP contribution in [0, 0.1) is 17.7 Å². The second kappa shape index (κ2) is 5.70. The Labute approximate surface area is 106 Å². The van der Waals surface area contributed by atoms with Crippen LogP contribution in [0.1, 0.15) is 11.1 Å². The topological polar surface area (TPSA) is 9.23 Å². The van der Waals surface area contributed by atoms with Crippen molar-refractivity contribution in [2.24, 2.45) is 0 Å². The van der Waals surface area contributed by atoms with E-state index in [1.54, 1.807) is 6.07 Å². The van der Waals surface area contributed by atoms with Crippen molar-refractivity contribution in [3.8, 4) is 17.6 Å². The van der Waals surface area contributed by atoms with Gasteiger partial charge in [-0.3, -0.25) is 0 Å². The van der Waals surface area contributed by atoms with Gasteiger partial charge in [-0.15, -0.1) is 0 Å². The molecule has 2 aromatic carbocycles. The predicted octanol–water partition coefficient (Wildman–Crippen LogP) is 3.75. The van der Waals surface area contributed by atoms with Crippen LogP contribution in [0.5, 0.6) is 5.75 Å². The van der Waals surface area contributed by atoms with Crippen molar-refractivity contribution in [2.45, 2.75) is 0 Å². The zero-order valence-corrected chi connectivity index (χ0v) is 9.69. The minimum Gasteiger partial charge on any atom is -0.464 e. The van der Waals surface area contributed by atoms with Gasteiger partial charge in [-0.1, -0.05) is 36.6 Å². The van der Waals surface area contributed by atoms with E-state index in [1.807, 2.05) is 30.3 Å². The van der Waals surface area contributed by atoms with Crippen LogP contribution in [0.2, 0.25) is 0 Å². The third-order valence-corrected chi connectivity index (χ3v) is 2.27. The molecule has 18 heavy (non-hydrogen) atoms. The maximum Gasteiger partial charge on any atom is 0.145 e. The summed E-state index contributed by atoms with van der Waals surface area (Å²) < 4.78 is 18.2. The first-order valence-corrected chi connectivity index (χ1v) is 5.44. The van der Waals surface area contributed by atoms with Crippen LogP contribution in [0.3, 0.4) is 0 Å². The summed E-state index contributed by atoms with van der Waals surface area (Å²) in [5.74, 6) is 5.95. The zero-order valence-electron chi connectivity index (χ0n) is 9.69. The van der Waals surface area contributed by atoms with Gasteiger partial charge >= 0.3 is 0 Å². The second-order valence-corrected chi connectivity index (χ2v) is 3.54. The Hall–Kier alpha value is -2.53. The number of ether oxygens (including phenoxy) is 1. The van der Waals surface area contributed by atoms with Crippen molar-refractivity contribution in [3.05, 3.63) is 78.3 Å². The van der Waals surface area contributed by atoms with Crippen LogP contribution in [0.4, 0.5) is 4.39 Å². The van der Waals surface area contributed by atoms with Crippen LogP contribution in [-0.2, 0) is 0 Å². The molecular weight excluding hydrogens is 227 g/mol. The minimum atomic E-state index is -0.364. The Bertz CT molecular complexity index is 606. The van der Waals surface area contributed by atoms with E-state index in [-0.39, 0.29) is 5.82 Å². The van der Waals surface area contributed by atoms with E-state index in [1.165, 1.54) is 18.4 Å². The average Bonchev–Trinajstić information content (AvgIpc) is 2.39. The summed E-state index contributed by atoms with van der Waals surface area (Å²) in [5, 5.41) is 0. The number of benzene rings is 2. The van der Waals surface area contributed by atoms with Gasteiger partial charge < -0.3 is 4.74 Å². The Morgan fingerprint density at radius 1 is 1.06 bits per heavy atom. The number of hydrogen-bond donors (Lipinski definition) is 0. The Kier molecular flexibility index (Phi) is 3.78. The van der Waals surface area contributed by atoms with Crippen molar-refractivity contribution in [3.63, 3.8) is 0 Å². The third kappa shape index (κ3) is 2.99. The Morgan fingerprint density at radius 2 is 1.83 bits per heavy atom. The highest BCUT2D eigenvalue weighted by molar-refractivity contribution is 5.50. The highest BCUT2D eigenvalue weighted by Crippen LogP contribution is 2.19. The fourth-order valence-electron chi connectivity index (χ4n) is 1.45. The average molecular weight is 238 g/mol. The molecule has 0 bridgehead atoms. The predicted molar refractivity (Wildman–Crippen MR) is 69.6 cm³/mol. The Balaban J connectivity index is 2.34. The molecule has 0 radical (unpaired) electrons. The molecule has 2 rings (SSSR count). The molecular formula is C16H11FO. The number of rotatable bonds is 2. The van der Waals surface area contributed by atoms with Gasteiger partial charge in [-0.05, 0) is 24.3 Å². The molecule has 0 N–H and O–H groups in total. The second-order valence-electron chi connectivity index (χ2n) is 3.54. The van der Waals surface area contributed by atoms with E-state index >= 15 is 0 Å². The van der Waals surface area contributed by atoms with Gasteiger partial charge in [0.1, 0.15) is 11.6 Å². The van der Waals surface area contributed by atoms with Crippen molar-refractivity contribution in [1.29, 1.82) is 0 Å². The fourth-order valence-corrected chi connectivity index (χ4v) is 1.45. The molecule has 0 aliphatic heterocycles. The maximum absolute atomic E-state index is 13.1. The van der Waals surface area contributed by atoms with Crippen molar-refractivity contribution >= 4 is 0 Å². The van der Waals surface area contributed by atoms with Crippen LogP contribution in [-0.4, -0.2) is 0 Å². The molecule has 0 fully saturated rings. The molecule has 0 unspecified atom stereocenters. The molecule has 2 aromatic rings. The van der Waals surface area contributed by atoms with Crippen molar-refractivity contribution < 1.29 is 9.13 Å². The van der Waals surface area contributed by atoms with E-state index in [0.29, 0.717) is 11.3 Å². The van der Waals surface area contributed by atoms with Gasteiger partial charge in [-0.2, -0.15) is 0 Å². The molecule has 0 saturated heterocycles. The third-order valence-electron chi connectivity index (χ3n) is 2.27. The van der Waals surface area contributed by atoms with E-state index in [2.05, 4.69) is 18.4 Å². The normalized spacial score (nSPS) is 9.17. The van der Waals surface area contributed by atoms with Gasteiger partial charge in [0, 0.05) is 11.6 Å². The van der Waals surface area contributed by atoms with Gasteiger partial charge in [0.15, 0.2) is 0 Å². The molecule has 1 nitrogen and oxygen atoms in total. The summed E-state index contributed by atoms with van der Waals surface area (Å²) in [6.45, 7) is 3.45. The molecule has 0 atom stereocenters. The summed E-state index contributed by atoms with van der Waals surface area (Å²) in [7, 11) is 0. The molecule has 88 valence electrons. The molecule has 0 aliphatic rings. The number of halogens is 1. The van der Waals surface area contributed by atoms with Crippen LogP contribution < -0.4 is 4.74 Å². The lowest BCUT2D eigenvalue weighted by atomic mass is 10.1. The summed E-state index contributed by atoms with van der Waals surface area (Å²) in [5.41, 5.74) is 1.52. The van der Waals surface area contributed by atoms with Crippen molar-refractivity contribution in [2.75, 3.05) is 0 Å². The van der Waals surface area contributed by atoms with E-state index < -0.39 is 0 Å². The smallest absolute Gasteiger partial charge is 0.145 e. The lowest BCUT2D eigenvalue weighted by Crippen LogP contribution is -1.88. The first-order chi connectivity index (χ1) is 8.79. The summed E-state index contributed by atoms with van der Waals surface area (Å²) in [6, 6.07) is 13.8. The van der Waals surface area contributed by atoms with Gasteiger partial charge in [0.05, 0.1) is 11.8 Å². The highest BCUT2D eigenvalue weighted by atomic mass is 19.1. The molecule has 0 amide bonds. The summed E-state index contributed by atoms with van der Waals surface area (Å²) in [6.07, 6.45) is 1.25. The summed E-state index contributed by atoms with van der Waals surface area (Å²) >= 11 is 0. The Morgan fingerprint density at radius 3 is 2.56 bits per heavy atom. The monoisotopic (exact) mass is 238 g/mol. The lowest BCUT2D eigenvalue weighted by molar-refractivity contribution is 0.476. The van der Waals surface area contributed by atoms with E-state index in [9.17, 15) is 4.39 Å². The highest BCUT2D eigenvalue weighted by Gasteiger charge is 2.01. The quantitative estimate of drug-likeness (QED) is 0.572. The summed E-state index contributed by atoms with van der Waals surface area (Å²) in [4.78, 5) is 0. The lowest BCUT2D eigenvalue weighted by Gasteiger charge is -2.02. The molecule has 0 aliphatic carbocycles.